The van der Waals surface area contributed by atoms with E-state index in [0.29, 0.717) is 0 Å². The van der Waals surface area contributed by atoms with Crippen LogP contribution in [0.1, 0.15) is 39.5 Å². The van der Waals surface area contributed by atoms with E-state index in [9.17, 15) is 4.79 Å². The molecule has 14 heavy (non-hydrogen) atoms. The number of ketones is 1. The molecule has 0 radical (unpaired) electrons. The van der Waals surface area contributed by atoms with E-state index < -0.39 is 5.54 Å². The number of hydrogen-bond acceptors (Lipinski definition) is 2. The maximum atomic E-state index is 11.7. The molecule has 0 aromatic rings. The van der Waals surface area contributed by atoms with Crippen LogP contribution in [0.3, 0.4) is 0 Å². The highest BCUT2D eigenvalue weighted by molar-refractivity contribution is 6.02. The zero-order valence-corrected chi connectivity index (χ0v) is 9.18. The molecule has 0 amide bonds. The summed E-state index contributed by atoms with van der Waals surface area (Å²) in [7, 11) is 0. The number of Topliss-reactive ketones (excluding diaryl/α,β-unsaturated/α-hetero) is 1. The Balaban J connectivity index is 2.77. The van der Waals surface area contributed by atoms with Gasteiger partial charge in [-0.05, 0) is 45.2 Å². The number of likely N-dealkylation sites (tertiary alicyclic amines) is 1. The number of rotatable bonds is 3. The van der Waals surface area contributed by atoms with E-state index in [2.05, 4.69) is 10.8 Å². The van der Waals surface area contributed by atoms with Crippen LogP contribution in [0.4, 0.5) is 0 Å². The molecule has 1 unspecified atom stereocenters. The third-order valence-electron chi connectivity index (χ3n) is 3.36. The molecule has 0 aromatic carbocycles. The van der Waals surface area contributed by atoms with Gasteiger partial charge in [-0.25, -0.2) is 0 Å². The number of hydrogen-bond donors (Lipinski definition) is 0. The van der Waals surface area contributed by atoms with Crippen molar-refractivity contribution in [2.24, 2.45) is 0 Å². The van der Waals surface area contributed by atoms with Crippen LogP contribution in [0.15, 0.2) is 0 Å². The van der Waals surface area contributed by atoms with Crippen LogP contribution in [0.25, 0.3) is 0 Å². The fourth-order valence-electron chi connectivity index (χ4n) is 2.07. The van der Waals surface area contributed by atoms with Crippen molar-refractivity contribution in [1.29, 1.82) is 0 Å². The maximum Gasteiger partial charge on any atom is 0.225 e. The molecule has 1 rings (SSSR count). The topological polar surface area (TPSA) is 20.3 Å². The van der Waals surface area contributed by atoms with Gasteiger partial charge in [0.1, 0.15) is 0 Å². The van der Waals surface area contributed by atoms with E-state index in [4.69, 9.17) is 6.42 Å². The molecule has 1 aliphatic heterocycles. The SMILES string of the molecule is C#CC(=O)C(C)(CC)N1CCCCC1. The number of carbonyl (C=O) groups excluding carboxylic acids is 1. The minimum absolute atomic E-state index is 0.0677. The van der Waals surface area contributed by atoms with Crippen molar-refractivity contribution in [3.05, 3.63) is 0 Å². The maximum absolute atomic E-state index is 11.7. The highest BCUT2D eigenvalue weighted by Crippen LogP contribution is 2.24. The van der Waals surface area contributed by atoms with Gasteiger partial charge in [0, 0.05) is 0 Å². The number of piperidine rings is 1. The average molecular weight is 193 g/mol. The summed E-state index contributed by atoms with van der Waals surface area (Å²) >= 11 is 0. The predicted octanol–water partition coefficient (Wildman–Crippen LogP) is 1.84. The van der Waals surface area contributed by atoms with E-state index in [1.807, 2.05) is 13.8 Å². The monoisotopic (exact) mass is 193 g/mol. The molecule has 1 fully saturated rings. The van der Waals surface area contributed by atoms with Crippen LogP contribution < -0.4 is 0 Å². The molecular formula is C12H19NO. The smallest absolute Gasteiger partial charge is 0.225 e. The van der Waals surface area contributed by atoms with Crippen molar-refractivity contribution in [3.63, 3.8) is 0 Å². The lowest BCUT2D eigenvalue weighted by molar-refractivity contribution is -0.125. The van der Waals surface area contributed by atoms with Crippen LogP contribution >= 0.6 is 0 Å². The minimum atomic E-state index is -0.421. The first kappa shape index (κ1) is 11.3. The summed E-state index contributed by atoms with van der Waals surface area (Å²) in [5.74, 6) is 2.21. The Morgan fingerprint density at radius 2 is 2.00 bits per heavy atom. The Morgan fingerprint density at radius 1 is 1.43 bits per heavy atom. The van der Waals surface area contributed by atoms with Crippen molar-refractivity contribution >= 4 is 5.78 Å². The Hall–Kier alpha value is -0.810. The predicted molar refractivity (Wildman–Crippen MR) is 58.0 cm³/mol. The van der Waals surface area contributed by atoms with E-state index >= 15 is 0 Å². The third kappa shape index (κ3) is 1.99. The summed E-state index contributed by atoms with van der Waals surface area (Å²) in [6.07, 6.45) is 9.67. The molecule has 0 saturated carbocycles. The fraction of sp³-hybridized carbons (Fsp3) is 0.750. The van der Waals surface area contributed by atoms with Gasteiger partial charge in [-0.1, -0.05) is 13.3 Å². The van der Waals surface area contributed by atoms with Crippen molar-refractivity contribution in [2.45, 2.75) is 45.1 Å². The zero-order valence-electron chi connectivity index (χ0n) is 9.18. The van der Waals surface area contributed by atoms with Crippen molar-refractivity contribution < 1.29 is 4.79 Å². The lowest BCUT2D eigenvalue weighted by Crippen LogP contribution is -2.53. The summed E-state index contributed by atoms with van der Waals surface area (Å²) in [5.41, 5.74) is -0.421. The summed E-state index contributed by atoms with van der Waals surface area (Å²) in [6, 6.07) is 0. The average Bonchev–Trinajstić information content (AvgIpc) is 2.28. The summed E-state index contributed by atoms with van der Waals surface area (Å²) in [5, 5.41) is 0. The normalized spacial score (nSPS) is 22.4. The number of carbonyl (C=O) groups is 1. The molecule has 0 aliphatic carbocycles. The van der Waals surface area contributed by atoms with Gasteiger partial charge in [0.15, 0.2) is 0 Å². The molecule has 1 atom stereocenters. The Labute approximate surface area is 86.7 Å². The zero-order chi connectivity index (χ0) is 10.6. The number of terminal acetylenes is 1. The molecule has 1 saturated heterocycles. The lowest BCUT2D eigenvalue weighted by Gasteiger charge is -2.40. The summed E-state index contributed by atoms with van der Waals surface area (Å²) in [4.78, 5) is 13.9. The number of nitrogens with zero attached hydrogens (tertiary/aromatic N) is 1. The molecule has 0 aromatic heterocycles. The van der Waals surface area contributed by atoms with Crippen LogP contribution in [-0.2, 0) is 4.79 Å². The summed E-state index contributed by atoms with van der Waals surface area (Å²) in [6.45, 7) is 6.03. The van der Waals surface area contributed by atoms with Gasteiger partial charge in [-0.2, -0.15) is 0 Å². The van der Waals surface area contributed by atoms with E-state index in [1.165, 1.54) is 19.3 Å². The fourth-order valence-corrected chi connectivity index (χ4v) is 2.07. The van der Waals surface area contributed by atoms with E-state index in [0.717, 1.165) is 19.5 Å². The molecule has 2 nitrogen and oxygen atoms in total. The van der Waals surface area contributed by atoms with Gasteiger partial charge >= 0.3 is 0 Å². The van der Waals surface area contributed by atoms with Gasteiger partial charge in [0.2, 0.25) is 5.78 Å². The highest BCUT2D eigenvalue weighted by Gasteiger charge is 2.36. The first-order chi connectivity index (χ1) is 6.65. The van der Waals surface area contributed by atoms with Gasteiger partial charge in [-0.15, -0.1) is 6.42 Å². The van der Waals surface area contributed by atoms with Crippen LogP contribution in [0, 0.1) is 12.3 Å². The van der Waals surface area contributed by atoms with Crippen molar-refractivity contribution in [3.8, 4) is 12.3 Å². The standard InChI is InChI=1S/C12H19NO/c1-4-11(14)12(3,5-2)13-9-7-6-8-10-13/h1H,5-10H2,2-3H3. The molecular weight excluding hydrogens is 174 g/mol. The largest absolute Gasteiger partial charge is 0.290 e. The molecule has 0 spiro atoms. The van der Waals surface area contributed by atoms with Gasteiger partial charge < -0.3 is 0 Å². The molecule has 0 N–H and O–H groups in total. The second kappa shape index (κ2) is 4.61. The molecule has 1 aliphatic rings. The molecule has 78 valence electrons. The molecule has 1 heterocycles. The summed E-state index contributed by atoms with van der Waals surface area (Å²) < 4.78 is 0. The third-order valence-corrected chi connectivity index (χ3v) is 3.36. The Bertz CT molecular complexity index is 248. The Kier molecular flexibility index (Phi) is 3.71. The molecule has 0 bridgehead atoms. The lowest BCUT2D eigenvalue weighted by atomic mass is 9.89. The molecule has 2 heteroatoms. The minimum Gasteiger partial charge on any atom is -0.290 e. The quantitative estimate of drug-likeness (QED) is 0.503. The van der Waals surface area contributed by atoms with Crippen molar-refractivity contribution in [1.82, 2.24) is 4.90 Å². The van der Waals surface area contributed by atoms with Crippen molar-refractivity contribution in [2.75, 3.05) is 13.1 Å². The van der Waals surface area contributed by atoms with E-state index in [-0.39, 0.29) is 5.78 Å². The van der Waals surface area contributed by atoms with Gasteiger partial charge in [-0.3, -0.25) is 9.69 Å². The first-order valence-corrected chi connectivity index (χ1v) is 5.41. The van der Waals surface area contributed by atoms with Crippen LogP contribution in [0.2, 0.25) is 0 Å². The van der Waals surface area contributed by atoms with Crippen LogP contribution in [0.5, 0.6) is 0 Å². The second-order valence-electron chi connectivity index (χ2n) is 4.15. The van der Waals surface area contributed by atoms with Gasteiger partial charge in [0.25, 0.3) is 0 Å². The van der Waals surface area contributed by atoms with Gasteiger partial charge in [0.05, 0.1) is 5.54 Å². The highest BCUT2D eigenvalue weighted by atomic mass is 16.1. The van der Waals surface area contributed by atoms with Crippen LogP contribution in [-0.4, -0.2) is 29.3 Å². The Morgan fingerprint density at radius 3 is 2.43 bits per heavy atom. The van der Waals surface area contributed by atoms with E-state index in [1.54, 1.807) is 0 Å². The second-order valence-corrected chi connectivity index (χ2v) is 4.15. The first-order valence-electron chi connectivity index (χ1n) is 5.41.